The number of piperidine rings is 1. The molecular weight excluding hydrogens is 310 g/mol. The second kappa shape index (κ2) is 7.07. The van der Waals surface area contributed by atoms with Crippen molar-refractivity contribution in [2.45, 2.75) is 18.9 Å². The number of benzene rings is 2. The lowest BCUT2D eigenvalue weighted by atomic mass is 10.1. The SMILES string of the molecule is Cl.c1ccc2oc(-c3ccc(OC4CCNCC4)cc3)cc2c1. The smallest absolute Gasteiger partial charge is 0.135 e. The van der Waals surface area contributed by atoms with Crippen molar-refractivity contribution in [3.63, 3.8) is 0 Å². The zero-order valence-electron chi connectivity index (χ0n) is 12.8. The van der Waals surface area contributed by atoms with Gasteiger partial charge in [-0.1, -0.05) is 18.2 Å². The van der Waals surface area contributed by atoms with Crippen LogP contribution in [0, 0.1) is 0 Å². The number of ether oxygens (including phenoxy) is 1. The van der Waals surface area contributed by atoms with E-state index in [2.05, 4.69) is 29.6 Å². The van der Waals surface area contributed by atoms with Crippen LogP contribution in [0.3, 0.4) is 0 Å². The molecule has 2 heterocycles. The van der Waals surface area contributed by atoms with Crippen molar-refractivity contribution in [3.8, 4) is 17.1 Å². The molecule has 1 aliphatic rings. The van der Waals surface area contributed by atoms with Crippen molar-refractivity contribution in [2.24, 2.45) is 0 Å². The van der Waals surface area contributed by atoms with Crippen molar-refractivity contribution in [1.29, 1.82) is 0 Å². The number of fused-ring (bicyclic) bond motifs is 1. The maximum Gasteiger partial charge on any atom is 0.135 e. The molecule has 1 saturated heterocycles. The molecule has 1 N–H and O–H groups in total. The number of hydrogen-bond acceptors (Lipinski definition) is 3. The van der Waals surface area contributed by atoms with Gasteiger partial charge in [-0.25, -0.2) is 0 Å². The summed E-state index contributed by atoms with van der Waals surface area (Å²) in [5.74, 6) is 1.83. The molecule has 3 aromatic rings. The lowest BCUT2D eigenvalue weighted by Gasteiger charge is -2.23. The summed E-state index contributed by atoms with van der Waals surface area (Å²) in [6.07, 6.45) is 2.48. The van der Waals surface area contributed by atoms with Crippen molar-refractivity contribution in [2.75, 3.05) is 13.1 Å². The molecule has 3 nitrogen and oxygen atoms in total. The van der Waals surface area contributed by atoms with Crippen LogP contribution in [0.15, 0.2) is 59.0 Å². The van der Waals surface area contributed by atoms with Crippen molar-refractivity contribution in [1.82, 2.24) is 5.32 Å². The Kier molecular flexibility index (Phi) is 4.89. The minimum absolute atomic E-state index is 0. The number of nitrogens with one attached hydrogen (secondary N) is 1. The lowest BCUT2D eigenvalue weighted by Crippen LogP contribution is -2.34. The summed E-state index contributed by atoms with van der Waals surface area (Å²) in [4.78, 5) is 0. The van der Waals surface area contributed by atoms with Gasteiger partial charge in [-0.3, -0.25) is 0 Å². The number of hydrogen-bond donors (Lipinski definition) is 1. The van der Waals surface area contributed by atoms with Gasteiger partial charge in [-0.05, 0) is 62.3 Å². The highest BCUT2D eigenvalue weighted by Crippen LogP contribution is 2.29. The van der Waals surface area contributed by atoms with Crippen LogP contribution in [-0.4, -0.2) is 19.2 Å². The van der Waals surface area contributed by atoms with E-state index in [0.717, 1.165) is 54.0 Å². The third-order valence-corrected chi connectivity index (χ3v) is 4.15. The fraction of sp³-hybridized carbons (Fsp3) is 0.263. The van der Waals surface area contributed by atoms with Crippen LogP contribution in [0.4, 0.5) is 0 Å². The second-order valence-corrected chi connectivity index (χ2v) is 5.74. The van der Waals surface area contributed by atoms with Gasteiger partial charge in [0.1, 0.15) is 23.2 Å². The summed E-state index contributed by atoms with van der Waals surface area (Å²) >= 11 is 0. The topological polar surface area (TPSA) is 34.4 Å². The monoisotopic (exact) mass is 329 g/mol. The van der Waals surface area contributed by atoms with E-state index in [1.807, 2.05) is 30.3 Å². The standard InChI is InChI=1S/C19H19NO2.ClH/c1-2-4-18-15(3-1)13-19(22-18)14-5-7-16(8-6-14)21-17-9-11-20-12-10-17;/h1-8,13,17,20H,9-12H2;1H. The predicted molar refractivity (Wildman–Crippen MR) is 95.4 cm³/mol. The number of furan rings is 1. The molecule has 0 spiro atoms. The summed E-state index contributed by atoms with van der Waals surface area (Å²) in [5, 5.41) is 4.48. The Morgan fingerprint density at radius 3 is 2.43 bits per heavy atom. The second-order valence-electron chi connectivity index (χ2n) is 5.74. The van der Waals surface area contributed by atoms with E-state index in [1.54, 1.807) is 0 Å². The summed E-state index contributed by atoms with van der Waals surface area (Å²) < 4.78 is 11.9. The molecule has 0 radical (unpaired) electrons. The molecule has 0 unspecified atom stereocenters. The Bertz CT molecular complexity index is 727. The van der Waals surface area contributed by atoms with Crippen molar-refractivity contribution >= 4 is 23.4 Å². The van der Waals surface area contributed by atoms with Gasteiger partial charge in [0, 0.05) is 10.9 Å². The van der Waals surface area contributed by atoms with Crippen molar-refractivity contribution in [3.05, 3.63) is 54.6 Å². The van der Waals surface area contributed by atoms with E-state index in [4.69, 9.17) is 9.15 Å². The average molecular weight is 330 g/mol. The van der Waals surface area contributed by atoms with Gasteiger partial charge in [0.15, 0.2) is 0 Å². The van der Waals surface area contributed by atoms with Crippen LogP contribution in [0.1, 0.15) is 12.8 Å². The Morgan fingerprint density at radius 2 is 1.70 bits per heavy atom. The number of halogens is 1. The summed E-state index contributed by atoms with van der Waals surface area (Å²) in [6.45, 7) is 2.09. The van der Waals surface area contributed by atoms with Gasteiger partial charge in [-0.2, -0.15) is 0 Å². The third kappa shape index (κ3) is 3.52. The molecule has 0 saturated carbocycles. The first-order valence-corrected chi connectivity index (χ1v) is 7.85. The molecule has 0 aliphatic carbocycles. The van der Waals surface area contributed by atoms with Crippen LogP contribution >= 0.6 is 12.4 Å². The minimum atomic E-state index is 0. The van der Waals surface area contributed by atoms with Crippen LogP contribution < -0.4 is 10.1 Å². The highest BCUT2D eigenvalue weighted by molar-refractivity contribution is 5.85. The Morgan fingerprint density at radius 1 is 0.957 bits per heavy atom. The van der Waals surface area contributed by atoms with Gasteiger partial charge in [0.05, 0.1) is 0 Å². The van der Waals surface area contributed by atoms with E-state index >= 15 is 0 Å². The van der Waals surface area contributed by atoms with Gasteiger partial charge in [0.2, 0.25) is 0 Å². The fourth-order valence-electron chi connectivity index (χ4n) is 2.93. The molecule has 0 amide bonds. The highest BCUT2D eigenvalue weighted by atomic mass is 35.5. The maximum atomic E-state index is 6.03. The zero-order chi connectivity index (χ0) is 14.8. The first-order chi connectivity index (χ1) is 10.9. The zero-order valence-corrected chi connectivity index (χ0v) is 13.6. The van der Waals surface area contributed by atoms with E-state index in [0.29, 0.717) is 6.10 Å². The predicted octanol–water partition coefficient (Wildman–Crippen LogP) is 4.65. The Balaban J connectivity index is 0.00000156. The molecule has 23 heavy (non-hydrogen) atoms. The van der Waals surface area contributed by atoms with E-state index in [9.17, 15) is 0 Å². The van der Waals surface area contributed by atoms with Gasteiger partial charge < -0.3 is 14.5 Å². The third-order valence-electron chi connectivity index (χ3n) is 4.15. The summed E-state index contributed by atoms with van der Waals surface area (Å²) in [6, 6.07) is 18.4. The average Bonchev–Trinajstić information content (AvgIpc) is 3.00. The van der Waals surface area contributed by atoms with Crippen LogP contribution in [0.2, 0.25) is 0 Å². The normalized spacial score (nSPS) is 15.3. The molecule has 4 rings (SSSR count). The number of rotatable bonds is 3. The fourth-order valence-corrected chi connectivity index (χ4v) is 2.93. The quantitative estimate of drug-likeness (QED) is 0.759. The minimum Gasteiger partial charge on any atom is -0.490 e. The van der Waals surface area contributed by atoms with Crippen LogP contribution in [0.5, 0.6) is 5.75 Å². The molecule has 1 fully saturated rings. The van der Waals surface area contributed by atoms with Crippen LogP contribution in [0.25, 0.3) is 22.3 Å². The van der Waals surface area contributed by atoms with Gasteiger partial charge >= 0.3 is 0 Å². The molecule has 1 aromatic heterocycles. The largest absolute Gasteiger partial charge is 0.490 e. The Hall–Kier alpha value is -1.97. The van der Waals surface area contributed by atoms with E-state index < -0.39 is 0 Å². The summed E-state index contributed by atoms with van der Waals surface area (Å²) in [5.41, 5.74) is 2.00. The number of para-hydroxylation sites is 1. The molecular formula is C19H20ClNO2. The van der Waals surface area contributed by atoms with E-state index in [-0.39, 0.29) is 12.4 Å². The molecule has 4 heteroatoms. The highest BCUT2D eigenvalue weighted by Gasteiger charge is 2.14. The lowest BCUT2D eigenvalue weighted by molar-refractivity contribution is 0.162. The van der Waals surface area contributed by atoms with Crippen molar-refractivity contribution < 1.29 is 9.15 Å². The Labute approximate surface area is 142 Å². The maximum absolute atomic E-state index is 6.03. The van der Waals surface area contributed by atoms with Crippen LogP contribution in [-0.2, 0) is 0 Å². The first kappa shape index (κ1) is 15.9. The molecule has 2 aromatic carbocycles. The molecule has 1 aliphatic heterocycles. The molecule has 0 bridgehead atoms. The van der Waals surface area contributed by atoms with Gasteiger partial charge in [0.25, 0.3) is 0 Å². The first-order valence-electron chi connectivity index (χ1n) is 7.85. The summed E-state index contributed by atoms with van der Waals surface area (Å²) in [7, 11) is 0. The van der Waals surface area contributed by atoms with Gasteiger partial charge in [-0.15, -0.1) is 12.4 Å². The molecule has 0 atom stereocenters. The molecule has 120 valence electrons. The van der Waals surface area contributed by atoms with E-state index in [1.165, 1.54) is 0 Å².